The lowest BCUT2D eigenvalue weighted by atomic mass is 10.4. The molecule has 0 unspecified atom stereocenters. The summed E-state index contributed by atoms with van der Waals surface area (Å²) >= 11 is 1.25. The van der Waals surface area contributed by atoms with Gasteiger partial charge in [-0.05, 0) is 17.8 Å². The second-order valence-corrected chi connectivity index (χ2v) is 3.82. The number of pyridine rings is 1. The SMILES string of the molecule is Nc1nc(Sc2ncc[nH]2)ccc1[N+](=O)[O-]. The zero-order valence-corrected chi connectivity index (χ0v) is 8.77. The van der Waals surface area contributed by atoms with Crippen molar-refractivity contribution in [1.29, 1.82) is 0 Å². The minimum absolute atomic E-state index is 0.0958. The number of nitrogens with two attached hydrogens (primary N) is 1. The molecule has 2 aromatic heterocycles. The Hall–Kier alpha value is -2.09. The number of nitrogen functional groups attached to an aromatic ring is 1. The molecule has 2 rings (SSSR count). The van der Waals surface area contributed by atoms with Gasteiger partial charge in [0.05, 0.1) is 4.92 Å². The summed E-state index contributed by atoms with van der Waals surface area (Å²) in [6, 6.07) is 2.86. The van der Waals surface area contributed by atoms with Gasteiger partial charge in [-0.1, -0.05) is 0 Å². The summed E-state index contributed by atoms with van der Waals surface area (Å²) in [6.45, 7) is 0. The molecule has 0 amide bonds. The van der Waals surface area contributed by atoms with Gasteiger partial charge in [0.15, 0.2) is 5.16 Å². The van der Waals surface area contributed by atoms with Gasteiger partial charge in [-0.2, -0.15) is 0 Å². The van der Waals surface area contributed by atoms with Crippen LogP contribution in [0.2, 0.25) is 0 Å². The summed E-state index contributed by atoms with van der Waals surface area (Å²) in [4.78, 5) is 20.7. The zero-order chi connectivity index (χ0) is 11.5. The number of nitrogens with one attached hydrogen (secondary N) is 1. The van der Waals surface area contributed by atoms with Crippen molar-refractivity contribution < 1.29 is 4.92 Å². The fraction of sp³-hybridized carbons (Fsp3) is 0. The van der Waals surface area contributed by atoms with E-state index < -0.39 is 4.92 Å². The third kappa shape index (κ3) is 2.11. The fourth-order valence-electron chi connectivity index (χ4n) is 1.07. The van der Waals surface area contributed by atoms with E-state index in [4.69, 9.17) is 5.73 Å². The van der Waals surface area contributed by atoms with Crippen LogP contribution in [-0.2, 0) is 0 Å². The summed E-state index contributed by atoms with van der Waals surface area (Å²) in [6.07, 6.45) is 3.29. The molecule has 7 nitrogen and oxygen atoms in total. The lowest BCUT2D eigenvalue weighted by Gasteiger charge is -1.99. The van der Waals surface area contributed by atoms with Gasteiger partial charge in [0, 0.05) is 18.5 Å². The predicted octanol–water partition coefficient (Wildman–Crippen LogP) is 1.45. The number of hydrogen-bond donors (Lipinski definition) is 2. The molecule has 8 heteroatoms. The molecule has 16 heavy (non-hydrogen) atoms. The molecule has 0 radical (unpaired) electrons. The standard InChI is InChI=1S/C8H7N5O2S/c9-7-5(13(14)15)1-2-6(12-7)16-8-10-3-4-11-8/h1-4H,(H2,9,12)(H,10,11). The van der Waals surface area contributed by atoms with E-state index in [-0.39, 0.29) is 11.5 Å². The number of hydrogen-bond acceptors (Lipinski definition) is 6. The second-order valence-electron chi connectivity index (χ2n) is 2.81. The Labute approximate surface area is 94.3 Å². The Balaban J connectivity index is 2.24. The highest BCUT2D eigenvalue weighted by Gasteiger charge is 2.13. The van der Waals surface area contributed by atoms with Gasteiger partial charge in [-0.3, -0.25) is 10.1 Å². The number of nitrogens with zero attached hydrogens (tertiary/aromatic N) is 3. The maximum atomic E-state index is 10.5. The van der Waals surface area contributed by atoms with E-state index in [0.29, 0.717) is 10.2 Å². The van der Waals surface area contributed by atoms with Gasteiger partial charge in [0.1, 0.15) is 5.03 Å². The third-order valence-electron chi connectivity index (χ3n) is 1.75. The Bertz CT molecular complexity index is 513. The first-order valence-electron chi connectivity index (χ1n) is 4.25. The number of H-pyrrole nitrogens is 1. The lowest BCUT2D eigenvalue weighted by molar-refractivity contribution is -0.384. The van der Waals surface area contributed by atoms with Gasteiger partial charge in [-0.15, -0.1) is 0 Å². The Morgan fingerprint density at radius 3 is 2.88 bits per heavy atom. The number of rotatable bonds is 3. The van der Waals surface area contributed by atoms with E-state index in [2.05, 4.69) is 15.0 Å². The van der Waals surface area contributed by atoms with Gasteiger partial charge >= 0.3 is 5.69 Å². The minimum Gasteiger partial charge on any atom is -0.378 e. The maximum absolute atomic E-state index is 10.5. The van der Waals surface area contributed by atoms with Crippen LogP contribution in [0.25, 0.3) is 0 Å². The van der Waals surface area contributed by atoms with Gasteiger partial charge in [-0.25, -0.2) is 9.97 Å². The van der Waals surface area contributed by atoms with Gasteiger partial charge < -0.3 is 10.7 Å². The van der Waals surface area contributed by atoms with E-state index in [1.54, 1.807) is 12.4 Å². The van der Waals surface area contributed by atoms with Crippen LogP contribution >= 0.6 is 11.8 Å². The number of aromatic nitrogens is 3. The highest BCUT2D eigenvalue weighted by molar-refractivity contribution is 7.99. The van der Waals surface area contributed by atoms with Crippen LogP contribution < -0.4 is 5.73 Å². The number of imidazole rings is 1. The Morgan fingerprint density at radius 2 is 2.31 bits per heavy atom. The van der Waals surface area contributed by atoms with E-state index in [1.165, 1.54) is 23.9 Å². The van der Waals surface area contributed by atoms with Crippen LogP contribution in [0.15, 0.2) is 34.7 Å². The second kappa shape index (κ2) is 4.19. The molecule has 2 aromatic rings. The quantitative estimate of drug-likeness (QED) is 0.617. The highest BCUT2D eigenvalue weighted by atomic mass is 32.2. The van der Waals surface area contributed by atoms with E-state index >= 15 is 0 Å². The van der Waals surface area contributed by atoms with Gasteiger partial charge in [0.2, 0.25) is 5.82 Å². The molecule has 82 valence electrons. The molecule has 0 saturated heterocycles. The van der Waals surface area contributed by atoms with Crippen molar-refractivity contribution in [2.45, 2.75) is 10.2 Å². The third-order valence-corrected chi connectivity index (χ3v) is 2.60. The van der Waals surface area contributed by atoms with Crippen molar-refractivity contribution in [3.05, 3.63) is 34.6 Å². The van der Waals surface area contributed by atoms with Crippen LogP contribution in [0.4, 0.5) is 11.5 Å². The highest BCUT2D eigenvalue weighted by Crippen LogP contribution is 2.27. The van der Waals surface area contributed by atoms with Crippen molar-refractivity contribution in [3.63, 3.8) is 0 Å². The summed E-state index contributed by atoms with van der Waals surface area (Å²) in [5.74, 6) is -0.0958. The van der Waals surface area contributed by atoms with Crippen molar-refractivity contribution in [2.75, 3.05) is 5.73 Å². The molecule has 0 aliphatic rings. The molecular weight excluding hydrogens is 230 g/mol. The summed E-state index contributed by atoms with van der Waals surface area (Å²) in [5.41, 5.74) is 5.26. The van der Waals surface area contributed by atoms with Crippen LogP contribution in [0.1, 0.15) is 0 Å². The average Bonchev–Trinajstić information content (AvgIpc) is 2.70. The van der Waals surface area contributed by atoms with Crippen molar-refractivity contribution >= 4 is 23.3 Å². The number of anilines is 1. The fourth-order valence-corrected chi connectivity index (χ4v) is 1.78. The average molecular weight is 237 g/mol. The van der Waals surface area contributed by atoms with Gasteiger partial charge in [0.25, 0.3) is 0 Å². The topological polar surface area (TPSA) is 111 Å². The maximum Gasteiger partial charge on any atom is 0.311 e. The van der Waals surface area contributed by atoms with Crippen LogP contribution in [0.3, 0.4) is 0 Å². The first-order chi connectivity index (χ1) is 7.66. The molecule has 0 atom stereocenters. The Kier molecular flexibility index (Phi) is 2.73. The van der Waals surface area contributed by atoms with Crippen molar-refractivity contribution in [2.24, 2.45) is 0 Å². The van der Waals surface area contributed by atoms with Crippen LogP contribution in [-0.4, -0.2) is 19.9 Å². The van der Waals surface area contributed by atoms with Crippen LogP contribution in [0.5, 0.6) is 0 Å². The molecule has 0 bridgehead atoms. The normalized spacial score (nSPS) is 10.2. The van der Waals surface area contributed by atoms with Crippen LogP contribution in [0, 0.1) is 10.1 Å². The molecule has 0 aliphatic heterocycles. The summed E-state index contributed by atoms with van der Waals surface area (Å²) in [5, 5.41) is 11.7. The summed E-state index contributed by atoms with van der Waals surface area (Å²) in [7, 11) is 0. The van der Waals surface area contributed by atoms with Crippen molar-refractivity contribution in [1.82, 2.24) is 15.0 Å². The minimum atomic E-state index is -0.566. The molecule has 3 N–H and O–H groups in total. The molecule has 0 saturated carbocycles. The number of aromatic amines is 1. The molecule has 0 fully saturated rings. The lowest BCUT2D eigenvalue weighted by Crippen LogP contribution is -1.98. The molecule has 0 aromatic carbocycles. The monoisotopic (exact) mass is 237 g/mol. The largest absolute Gasteiger partial charge is 0.378 e. The molecule has 2 heterocycles. The molecular formula is C8H7N5O2S. The molecule has 0 spiro atoms. The zero-order valence-electron chi connectivity index (χ0n) is 7.95. The first kappa shape index (κ1) is 10.4. The first-order valence-corrected chi connectivity index (χ1v) is 5.06. The predicted molar refractivity (Wildman–Crippen MR) is 58.0 cm³/mol. The summed E-state index contributed by atoms with van der Waals surface area (Å²) < 4.78 is 0. The van der Waals surface area contributed by atoms with E-state index in [9.17, 15) is 10.1 Å². The smallest absolute Gasteiger partial charge is 0.311 e. The number of nitro groups is 1. The van der Waals surface area contributed by atoms with E-state index in [1.807, 2.05) is 0 Å². The van der Waals surface area contributed by atoms with E-state index in [0.717, 1.165) is 0 Å². The Morgan fingerprint density at radius 1 is 1.50 bits per heavy atom. The van der Waals surface area contributed by atoms with Crippen molar-refractivity contribution in [3.8, 4) is 0 Å². The molecule has 0 aliphatic carbocycles.